The number of carbonyl (C=O) groups excluding carboxylic acids is 1. The average Bonchev–Trinajstić information content (AvgIpc) is 2.41. The highest BCUT2D eigenvalue weighted by Crippen LogP contribution is 2.28. The maximum atomic E-state index is 12.2. The molecule has 0 aliphatic heterocycles. The van der Waals surface area contributed by atoms with Crippen molar-refractivity contribution in [2.24, 2.45) is 17.6 Å². The average molecular weight is 254 g/mol. The van der Waals surface area contributed by atoms with Gasteiger partial charge in [-0.2, -0.15) is 0 Å². The maximum absolute atomic E-state index is 12.2. The van der Waals surface area contributed by atoms with Gasteiger partial charge in [-0.15, -0.1) is 0 Å². The highest BCUT2D eigenvalue weighted by Gasteiger charge is 2.30. The van der Waals surface area contributed by atoms with Crippen LogP contribution in [0.5, 0.6) is 0 Å². The third kappa shape index (κ3) is 3.45. The number of aliphatic hydroxyl groups excluding tert-OH is 1. The Bertz CT molecular complexity index is 275. The van der Waals surface area contributed by atoms with Crippen molar-refractivity contribution in [3.8, 4) is 0 Å². The second kappa shape index (κ2) is 6.53. The fourth-order valence-corrected chi connectivity index (χ4v) is 3.24. The van der Waals surface area contributed by atoms with E-state index in [9.17, 15) is 9.90 Å². The van der Waals surface area contributed by atoms with E-state index in [1.54, 1.807) is 0 Å². The molecule has 0 bridgehead atoms. The minimum Gasteiger partial charge on any atom is -0.391 e. The fourth-order valence-electron chi connectivity index (χ4n) is 3.24. The number of aliphatic hydroxyl groups is 1. The number of hydrogen-bond acceptors (Lipinski definition) is 3. The molecule has 4 N–H and O–H groups in total. The Morgan fingerprint density at radius 1 is 1.11 bits per heavy atom. The zero-order chi connectivity index (χ0) is 13.0. The molecule has 2 atom stereocenters. The van der Waals surface area contributed by atoms with E-state index >= 15 is 0 Å². The fraction of sp³-hybridized carbons (Fsp3) is 0.929. The number of nitrogens with two attached hydrogens (primary N) is 1. The van der Waals surface area contributed by atoms with Gasteiger partial charge in [-0.1, -0.05) is 12.8 Å². The Labute approximate surface area is 109 Å². The first-order valence-corrected chi connectivity index (χ1v) is 7.39. The lowest BCUT2D eigenvalue weighted by Gasteiger charge is -2.32. The van der Waals surface area contributed by atoms with Crippen molar-refractivity contribution in [1.29, 1.82) is 0 Å². The molecule has 18 heavy (non-hydrogen) atoms. The lowest BCUT2D eigenvalue weighted by molar-refractivity contribution is -0.128. The molecule has 0 spiro atoms. The van der Waals surface area contributed by atoms with Crippen molar-refractivity contribution in [2.45, 2.75) is 63.5 Å². The molecule has 0 unspecified atom stereocenters. The van der Waals surface area contributed by atoms with Crippen molar-refractivity contribution >= 4 is 5.91 Å². The largest absolute Gasteiger partial charge is 0.391 e. The summed E-state index contributed by atoms with van der Waals surface area (Å²) in [5.74, 6) is 0.896. The molecule has 2 rings (SSSR count). The molecule has 2 fully saturated rings. The lowest BCUT2D eigenvalue weighted by Crippen LogP contribution is -2.47. The maximum Gasteiger partial charge on any atom is 0.223 e. The van der Waals surface area contributed by atoms with Crippen LogP contribution in [0.3, 0.4) is 0 Å². The first-order chi connectivity index (χ1) is 8.70. The Morgan fingerprint density at radius 2 is 1.78 bits per heavy atom. The van der Waals surface area contributed by atoms with Crippen molar-refractivity contribution in [3.05, 3.63) is 0 Å². The molecule has 0 aromatic carbocycles. The van der Waals surface area contributed by atoms with Gasteiger partial charge in [0, 0.05) is 5.92 Å². The van der Waals surface area contributed by atoms with E-state index in [0.29, 0.717) is 5.92 Å². The molecule has 4 heteroatoms. The molecule has 0 radical (unpaired) electrons. The minimum absolute atomic E-state index is 0.0153. The normalized spacial score (nSPS) is 37.2. The number of amides is 1. The molecule has 0 aromatic rings. The van der Waals surface area contributed by atoms with Crippen LogP contribution in [-0.4, -0.2) is 29.7 Å². The predicted octanol–water partition coefficient (Wildman–Crippen LogP) is 1.17. The van der Waals surface area contributed by atoms with Gasteiger partial charge in [0.25, 0.3) is 0 Å². The Hall–Kier alpha value is -0.610. The summed E-state index contributed by atoms with van der Waals surface area (Å²) in [7, 11) is 0. The van der Waals surface area contributed by atoms with Gasteiger partial charge < -0.3 is 16.2 Å². The topological polar surface area (TPSA) is 75.4 Å². The predicted molar refractivity (Wildman–Crippen MR) is 70.9 cm³/mol. The van der Waals surface area contributed by atoms with Crippen LogP contribution in [0.2, 0.25) is 0 Å². The van der Waals surface area contributed by atoms with Crippen molar-refractivity contribution in [3.63, 3.8) is 0 Å². The van der Waals surface area contributed by atoms with Crippen LogP contribution in [0.4, 0.5) is 0 Å². The molecule has 2 saturated carbocycles. The quantitative estimate of drug-likeness (QED) is 0.707. The van der Waals surface area contributed by atoms with Gasteiger partial charge in [0.2, 0.25) is 5.91 Å². The summed E-state index contributed by atoms with van der Waals surface area (Å²) in [5.41, 5.74) is 5.66. The first-order valence-electron chi connectivity index (χ1n) is 7.39. The summed E-state index contributed by atoms with van der Waals surface area (Å²) in [6.07, 6.45) is 7.65. The zero-order valence-corrected chi connectivity index (χ0v) is 11.1. The third-order valence-electron chi connectivity index (χ3n) is 4.61. The first kappa shape index (κ1) is 13.8. The number of nitrogens with one attached hydrogen (secondary N) is 1. The molecule has 104 valence electrons. The van der Waals surface area contributed by atoms with Crippen LogP contribution in [0, 0.1) is 11.8 Å². The second-order valence-corrected chi connectivity index (χ2v) is 5.92. The molecular formula is C14H26N2O2. The summed E-state index contributed by atoms with van der Waals surface area (Å²) in [4.78, 5) is 12.2. The molecule has 2 aliphatic rings. The molecule has 0 aromatic heterocycles. The van der Waals surface area contributed by atoms with Crippen molar-refractivity contribution in [2.75, 3.05) is 6.54 Å². The molecular weight excluding hydrogens is 228 g/mol. The van der Waals surface area contributed by atoms with Gasteiger partial charge in [0.15, 0.2) is 0 Å². The zero-order valence-electron chi connectivity index (χ0n) is 11.1. The summed E-state index contributed by atoms with van der Waals surface area (Å²) >= 11 is 0. The van der Waals surface area contributed by atoms with Crippen LogP contribution in [0.15, 0.2) is 0 Å². The van der Waals surface area contributed by atoms with E-state index in [-0.39, 0.29) is 24.0 Å². The standard InChI is InChI=1S/C14H26N2O2/c15-9-10-5-7-11(8-6-10)14(18)16-12-3-1-2-4-13(12)17/h10-13,17H,1-9,15H2,(H,16,18)/t10?,11?,12-,13-/m0/s1. The highest BCUT2D eigenvalue weighted by molar-refractivity contribution is 5.79. The lowest BCUT2D eigenvalue weighted by atomic mass is 9.81. The van der Waals surface area contributed by atoms with E-state index in [4.69, 9.17) is 5.73 Å². The molecule has 2 aliphatic carbocycles. The van der Waals surface area contributed by atoms with E-state index in [0.717, 1.165) is 57.9 Å². The third-order valence-corrected chi connectivity index (χ3v) is 4.61. The smallest absolute Gasteiger partial charge is 0.223 e. The Kier molecular flexibility index (Phi) is 5.01. The molecule has 0 heterocycles. The Morgan fingerprint density at radius 3 is 2.39 bits per heavy atom. The van der Waals surface area contributed by atoms with E-state index in [2.05, 4.69) is 5.32 Å². The van der Waals surface area contributed by atoms with E-state index in [1.807, 2.05) is 0 Å². The van der Waals surface area contributed by atoms with Crippen molar-refractivity contribution < 1.29 is 9.90 Å². The monoisotopic (exact) mass is 254 g/mol. The second-order valence-electron chi connectivity index (χ2n) is 5.92. The minimum atomic E-state index is -0.344. The SMILES string of the molecule is NCC1CCC(C(=O)N[C@H]2CCCC[C@@H]2O)CC1. The van der Waals surface area contributed by atoms with E-state index < -0.39 is 0 Å². The van der Waals surface area contributed by atoms with Gasteiger partial charge in [-0.25, -0.2) is 0 Å². The highest BCUT2D eigenvalue weighted by atomic mass is 16.3. The van der Waals surface area contributed by atoms with Gasteiger partial charge in [-0.05, 0) is 51.0 Å². The van der Waals surface area contributed by atoms with Gasteiger partial charge >= 0.3 is 0 Å². The summed E-state index contributed by atoms with van der Waals surface area (Å²) in [6.45, 7) is 0.746. The molecule has 1 amide bonds. The Balaban J connectivity index is 1.77. The number of carbonyl (C=O) groups is 1. The number of rotatable bonds is 3. The number of hydrogen-bond donors (Lipinski definition) is 3. The molecule has 0 saturated heterocycles. The van der Waals surface area contributed by atoms with Crippen molar-refractivity contribution in [1.82, 2.24) is 5.32 Å². The van der Waals surface area contributed by atoms with Crippen LogP contribution >= 0.6 is 0 Å². The van der Waals surface area contributed by atoms with Gasteiger partial charge in [0.05, 0.1) is 12.1 Å². The summed E-state index contributed by atoms with van der Waals surface area (Å²) in [6, 6.07) is -0.0153. The van der Waals surface area contributed by atoms with E-state index in [1.165, 1.54) is 0 Å². The summed E-state index contributed by atoms with van der Waals surface area (Å²) < 4.78 is 0. The van der Waals surface area contributed by atoms with Gasteiger partial charge in [0.1, 0.15) is 0 Å². The van der Waals surface area contributed by atoms with Crippen LogP contribution in [0.1, 0.15) is 51.4 Å². The van der Waals surface area contributed by atoms with Gasteiger partial charge in [-0.3, -0.25) is 4.79 Å². The van der Waals surface area contributed by atoms with Crippen LogP contribution in [-0.2, 0) is 4.79 Å². The van der Waals surface area contributed by atoms with Crippen LogP contribution in [0.25, 0.3) is 0 Å². The van der Waals surface area contributed by atoms with Crippen LogP contribution < -0.4 is 11.1 Å². The molecule has 4 nitrogen and oxygen atoms in total. The summed E-state index contributed by atoms with van der Waals surface area (Å²) in [5, 5.41) is 12.9.